The van der Waals surface area contributed by atoms with Crippen LogP contribution in [0, 0.1) is 34.5 Å². The molecule has 4 rings (SSSR count). The van der Waals surface area contributed by atoms with Gasteiger partial charge < -0.3 is 0 Å². The Labute approximate surface area is 172 Å². The van der Waals surface area contributed by atoms with Crippen molar-refractivity contribution in [1.29, 1.82) is 0 Å². The minimum atomic E-state index is -0.611. The lowest BCUT2D eigenvalue weighted by Crippen LogP contribution is -2.46. The van der Waals surface area contributed by atoms with Crippen LogP contribution in [-0.2, 0) is 0 Å². The molecule has 0 radical (unpaired) electrons. The van der Waals surface area contributed by atoms with Gasteiger partial charge in [0.1, 0.15) is 6.17 Å². The molecule has 0 unspecified atom stereocenters. The highest BCUT2D eigenvalue weighted by Crippen LogP contribution is 2.66. The van der Waals surface area contributed by atoms with Gasteiger partial charge in [-0.25, -0.2) is 4.39 Å². The Kier molecular flexibility index (Phi) is 5.43. The molecule has 0 bridgehead atoms. The molecule has 0 N–H and O–H groups in total. The lowest BCUT2D eigenvalue weighted by atomic mass is 9.50. The number of allylic oxidation sites excluding steroid dienone is 6. The Hall–Kier alpha value is -0.850. The molecule has 0 amide bonds. The van der Waals surface area contributed by atoms with Crippen LogP contribution in [0.3, 0.4) is 0 Å². The summed E-state index contributed by atoms with van der Waals surface area (Å²) < 4.78 is 14.1. The standard InChI is InChI=1S/C27H41F/c1-18(2)7-6-8-19(3)23-11-12-24-22-10-9-20-17-21(28)13-15-26(20,4)25(22)14-16-27(23,24)5/h7,9-10,19,21,23-25H,6,8,11-17H2,1-5H3/t19-,21+,23-,24+,25+,26+,27-/m1/s1. The van der Waals surface area contributed by atoms with Gasteiger partial charge in [-0.2, -0.15) is 0 Å². The molecule has 156 valence electrons. The van der Waals surface area contributed by atoms with E-state index >= 15 is 0 Å². The summed E-state index contributed by atoms with van der Waals surface area (Å²) in [6.45, 7) is 12.0. The summed E-state index contributed by atoms with van der Waals surface area (Å²) in [6, 6.07) is 0. The maximum Gasteiger partial charge on any atom is 0.104 e. The molecule has 0 aromatic heterocycles. The zero-order valence-corrected chi connectivity index (χ0v) is 18.9. The van der Waals surface area contributed by atoms with E-state index in [4.69, 9.17) is 0 Å². The van der Waals surface area contributed by atoms with Crippen LogP contribution in [0.2, 0.25) is 0 Å². The third kappa shape index (κ3) is 3.25. The van der Waals surface area contributed by atoms with Crippen LogP contribution in [0.15, 0.2) is 34.9 Å². The van der Waals surface area contributed by atoms with Crippen molar-refractivity contribution in [3.63, 3.8) is 0 Å². The van der Waals surface area contributed by atoms with Crippen LogP contribution >= 0.6 is 0 Å². The average molecular weight is 385 g/mol. The van der Waals surface area contributed by atoms with E-state index in [0.717, 1.165) is 30.6 Å². The van der Waals surface area contributed by atoms with Crippen LogP contribution in [-0.4, -0.2) is 6.17 Å². The van der Waals surface area contributed by atoms with E-state index in [0.29, 0.717) is 17.8 Å². The normalized spacial score (nSPS) is 43.2. The highest BCUT2D eigenvalue weighted by Gasteiger charge is 2.56. The fraction of sp³-hybridized carbons (Fsp3) is 0.778. The Morgan fingerprint density at radius 1 is 1.11 bits per heavy atom. The van der Waals surface area contributed by atoms with Gasteiger partial charge in [0.15, 0.2) is 0 Å². The average Bonchev–Trinajstić information content (AvgIpc) is 2.99. The first kappa shape index (κ1) is 20.4. The van der Waals surface area contributed by atoms with Crippen molar-refractivity contribution < 1.29 is 4.39 Å². The summed E-state index contributed by atoms with van der Waals surface area (Å²) in [6.07, 6.45) is 17.2. The number of hydrogen-bond acceptors (Lipinski definition) is 0. The summed E-state index contributed by atoms with van der Waals surface area (Å²) in [7, 11) is 0. The first-order valence-corrected chi connectivity index (χ1v) is 11.9. The molecular weight excluding hydrogens is 343 g/mol. The van der Waals surface area contributed by atoms with E-state index in [9.17, 15) is 4.39 Å². The summed E-state index contributed by atoms with van der Waals surface area (Å²) in [5.74, 6) is 3.12. The van der Waals surface area contributed by atoms with Crippen molar-refractivity contribution in [1.82, 2.24) is 0 Å². The van der Waals surface area contributed by atoms with Crippen molar-refractivity contribution in [2.75, 3.05) is 0 Å². The van der Waals surface area contributed by atoms with Crippen molar-refractivity contribution >= 4 is 0 Å². The first-order valence-electron chi connectivity index (χ1n) is 11.9. The van der Waals surface area contributed by atoms with Gasteiger partial charge in [0.05, 0.1) is 0 Å². The van der Waals surface area contributed by atoms with Crippen molar-refractivity contribution in [2.24, 2.45) is 34.5 Å². The molecule has 0 spiro atoms. The Bertz CT molecular complexity index is 693. The fourth-order valence-corrected chi connectivity index (χ4v) is 7.77. The highest BCUT2D eigenvalue weighted by atomic mass is 19.1. The molecule has 0 aromatic rings. The van der Waals surface area contributed by atoms with Gasteiger partial charge in [-0.3, -0.25) is 0 Å². The quantitative estimate of drug-likeness (QED) is 0.428. The molecule has 0 aliphatic heterocycles. The molecule has 0 aromatic carbocycles. The number of halogens is 1. The van der Waals surface area contributed by atoms with E-state index < -0.39 is 6.17 Å². The SMILES string of the molecule is CC(C)=CCC[C@@H](C)[C@H]1CC[C@H]2C3=CC=C4C[C@@H](F)CC[C@]4(C)[C@H]3CC[C@]12C. The van der Waals surface area contributed by atoms with E-state index in [2.05, 4.69) is 52.8 Å². The lowest BCUT2D eigenvalue weighted by Gasteiger charge is -2.55. The van der Waals surface area contributed by atoms with Gasteiger partial charge in [0.2, 0.25) is 0 Å². The predicted octanol–water partition coefficient (Wildman–Crippen LogP) is 8.21. The molecule has 0 heterocycles. The molecule has 4 aliphatic carbocycles. The molecule has 0 nitrogen and oxygen atoms in total. The molecule has 3 saturated carbocycles. The Morgan fingerprint density at radius 2 is 1.89 bits per heavy atom. The maximum absolute atomic E-state index is 14.1. The third-order valence-electron chi connectivity index (χ3n) is 9.45. The van der Waals surface area contributed by atoms with E-state index in [1.54, 1.807) is 5.57 Å². The van der Waals surface area contributed by atoms with Crippen molar-refractivity contribution in [3.05, 3.63) is 34.9 Å². The summed E-state index contributed by atoms with van der Waals surface area (Å²) in [5.41, 5.74) is 5.33. The van der Waals surface area contributed by atoms with E-state index in [1.165, 1.54) is 49.7 Å². The molecular formula is C27H41F. The molecule has 1 heteroatoms. The topological polar surface area (TPSA) is 0 Å². The van der Waals surface area contributed by atoms with Crippen LogP contribution < -0.4 is 0 Å². The summed E-state index contributed by atoms with van der Waals surface area (Å²) in [4.78, 5) is 0. The summed E-state index contributed by atoms with van der Waals surface area (Å²) >= 11 is 0. The van der Waals surface area contributed by atoms with Crippen LogP contribution in [0.5, 0.6) is 0 Å². The number of alkyl halides is 1. The zero-order chi connectivity index (χ0) is 20.1. The minimum absolute atomic E-state index is 0.237. The smallest absolute Gasteiger partial charge is 0.104 e. The molecule has 4 aliphatic rings. The maximum atomic E-state index is 14.1. The number of rotatable bonds is 4. The minimum Gasteiger partial charge on any atom is -0.247 e. The third-order valence-corrected chi connectivity index (χ3v) is 9.45. The molecule has 3 fully saturated rings. The highest BCUT2D eigenvalue weighted by molar-refractivity contribution is 5.38. The Morgan fingerprint density at radius 3 is 2.64 bits per heavy atom. The zero-order valence-electron chi connectivity index (χ0n) is 18.9. The second-order valence-corrected chi connectivity index (χ2v) is 11.3. The van der Waals surface area contributed by atoms with Gasteiger partial charge in [-0.1, -0.05) is 55.7 Å². The number of fused-ring (bicyclic) bond motifs is 5. The summed E-state index contributed by atoms with van der Waals surface area (Å²) in [5, 5.41) is 0. The number of hydrogen-bond donors (Lipinski definition) is 0. The van der Waals surface area contributed by atoms with Gasteiger partial charge in [-0.15, -0.1) is 0 Å². The largest absolute Gasteiger partial charge is 0.247 e. The van der Waals surface area contributed by atoms with Gasteiger partial charge in [0.25, 0.3) is 0 Å². The van der Waals surface area contributed by atoms with Crippen molar-refractivity contribution in [3.8, 4) is 0 Å². The van der Waals surface area contributed by atoms with E-state index in [-0.39, 0.29) is 5.41 Å². The molecule has 28 heavy (non-hydrogen) atoms. The van der Waals surface area contributed by atoms with Gasteiger partial charge in [0, 0.05) is 6.42 Å². The van der Waals surface area contributed by atoms with Crippen LogP contribution in [0.25, 0.3) is 0 Å². The predicted molar refractivity (Wildman–Crippen MR) is 118 cm³/mol. The Balaban J connectivity index is 1.55. The van der Waals surface area contributed by atoms with Crippen LogP contribution in [0.4, 0.5) is 4.39 Å². The lowest BCUT2D eigenvalue weighted by molar-refractivity contribution is 0.0426. The fourth-order valence-electron chi connectivity index (χ4n) is 7.77. The van der Waals surface area contributed by atoms with Gasteiger partial charge in [-0.05, 0) is 99.7 Å². The first-order chi connectivity index (χ1) is 13.3. The second-order valence-electron chi connectivity index (χ2n) is 11.3. The monoisotopic (exact) mass is 384 g/mol. The van der Waals surface area contributed by atoms with E-state index in [1.807, 2.05) is 0 Å². The van der Waals surface area contributed by atoms with Gasteiger partial charge >= 0.3 is 0 Å². The second kappa shape index (κ2) is 7.44. The molecule has 0 saturated heterocycles. The van der Waals surface area contributed by atoms with Crippen LogP contribution in [0.1, 0.15) is 92.4 Å². The van der Waals surface area contributed by atoms with Crippen molar-refractivity contribution in [2.45, 2.75) is 98.6 Å². The molecule has 7 atom stereocenters.